The molecule has 0 bridgehead atoms. The molecule has 0 N–H and O–H groups in total. The van der Waals surface area contributed by atoms with Crippen LogP contribution >= 0.6 is 11.6 Å². The minimum Gasteiger partial charge on any atom is -0.345 e. The number of halogens is 1. The zero-order chi connectivity index (χ0) is 22.4. The van der Waals surface area contributed by atoms with E-state index in [1.807, 2.05) is 12.1 Å². The van der Waals surface area contributed by atoms with Gasteiger partial charge in [-0.1, -0.05) is 17.3 Å². The van der Waals surface area contributed by atoms with Crippen molar-refractivity contribution in [2.24, 2.45) is 0 Å². The fraction of sp³-hybridized carbons (Fsp3) is 0.320. The lowest BCUT2D eigenvalue weighted by atomic mass is 9.91. The molecule has 2 aromatic carbocycles. The number of rotatable bonds is 5. The fourth-order valence-corrected chi connectivity index (χ4v) is 4.82. The molecule has 4 aromatic rings. The van der Waals surface area contributed by atoms with E-state index in [9.17, 15) is 4.79 Å². The van der Waals surface area contributed by atoms with Crippen LogP contribution in [-0.4, -0.2) is 37.9 Å². The third-order valence-electron chi connectivity index (χ3n) is 6.31. The van der Waals surface area contributed by atoms with Gasteiger partial charge in [-0.2, -0.15) is 4.98 Å². The van der Waals surface area contributed by atoms with E-state index >= 15 is 0 Å². The van der Waals surface area contributed by atoms with Gasteiger partial charge in [-0.05, 0) is 79.7 Å². The largest absolute Gasteiger partial charge is 0.345 e. The average molecular weight is 449 g/mol. The van der Waals surface area contributed by atoms with Crippen LogP contribution in [0.1, 0.15) is 36.6 Å². The summed E-state index contributed by atoms with van der Waals surface area (Å²) < 4.78 is 7.89. The zero-order valence-electron chi connectivity index (χ0n) is 18.4. The van der Waals surface area contributed by atoms with Crippen molar-refractivity contribution in [2.45, 2.75) is 39.8 Å². The van der Waals surface area contributed by atoms with Crippen molar-refractivity contribution in [2.75, 3.05) is 13.1 Å². The Morgan fingerprint density at radius 1 is 1.22 bits per heavy atom. The molecule has 0 aliphatic carbocycles. The molecular formula is C25H25ClN4O2. The Morgan fingerprint density at radius 3 is 2.84 bits per heavy atom. The van der Waals surface area contributed by atoms with E-state index in [1.165, 1.54) is 16.6 Å². The van der Waals surface area contributed by atoms with Crippen LogP contribution in [0.5, 0.6) is 0 Å². The van der Waals surface area contributed by atoms with E-state index in [0.29, 0.717) is 17.8 Å². The second kappa shape index (κ2) is 8.19. The van der Waals surface area contributed by atoms with Crippen LogP contribution in [-0.2, 0) is 17.8 Å². The van der Waals surface area contributed by atoms with Crippen molar-refractivity contribution in [3.05, 3.63) is 59.3 Å². The first kappa shape index (κ1) is 20.9. The summed E-state index contributed by atoms with van der Waals surface area (Å²) in [7, 11) is 0. The van der Waals surface area contributed by atoms with Gasteiger partial charge < -0.3 is 9.09 Å². The summed E-state index contributed by atoms with van der Waals surface area (Å²) in [6, 6.07) is 12.9. The quantitative estimate of drug-likeness (QED) is 0.384. The van der Waals surface area contributed by atoms with Gasteiger partial charge in [0.25, 0.3) is 5.89 Å². The Balaban J connectivity index is 1.44. The van der Waals surface area contributed by atoms with Gasteiger partial charge in [-0.3, -0.25) is 9.69 Å². The van der Waals surface area contributed by atoms with Crippen molar-refractivity contribution in [1.29, 1.82) is 0 Å². The summed E-state index contributed by atoms with van der Waals surface area (Å²) in [5.74, 6) is 1.11. The number of carbonyl (C=O) groups is 1. The molecular weight excluding hydrogens is 424 g/mol. The molecule has 1 aliphatic heterocycles. The van der Waals surface area contributed by atoms with Crippen LogP contribution in [0.2, 0.25) is 0 Å². The van der Waals surface area contributed by atoms with Crippen molar-refractivity contribution in [3.63, 3.8) is 0 Å². The lowest BCUT2D eigenvalue weighted by molar-refractivity contribution is -0.112. The highest BCUT2D eigenvalue weighted by molar-refractivity contribution is 6.64. The number of nitrogens with zero attached hydrogens (tertiary/aromatic N) is 4. The van der Waals surface area contributed by atoms with Crippen molar-refractivity contribution in [1.82, 2.24) is 19.6 Å². The lowest BCUT2D eigenvalue weighted by Crippen LogP contribution is -2.34. The topological polar surface area (TPSA) is 64.2 Å². The molecule has 3 heterocycles. The SMILES string of the molecule is Cc1c(-c2noc(-c3ccc4c(ccn4C(C)C)c3)n2)ccc2c1CCN(CC(=O)Cl)C2. The fourth-order valence-electron chi connectivity index (χ4n) is 4.65. The number of aromatic nitrogens is 3. The lowest BCUT2D eigenvalue weighted by Gasteiger charge is -2.29. The summed E-state index contributed by atoms with van der Waals surface area (Å²) in [6.45, 7) is 8.26. The van der Waals surface area contributed by atoms with Crippen LogP contribution in [0.15, 0.2) is 47.1 Å². The predicted molar refractivity (Wildman–Crippen MR) is 126 cm³/mol. The molecule has 5 rings (SSSR count). The van der Waals surface area contributed by atoms with Gasteiger partial charge in [0.15, 0.2) is 0 Å². The highest BCUT2D eigenvalue weighted by Gasteiger charge is 2.22. The smallest absolute Gasteiger partial charge is 0.258 e. The van der Waals surface area contributed by atoms with Crippen LogP contribution in [0.3, 0.4) is 0 Å². The van der Waals surface area contributed by atoms with E-state index in [4.69, 9.17) is 21.1 Å². The summed E-state index contributed by atoms with van der Waals surface area (Å²) in [5, 5.41) is 5.11. The predicted octanol–water partition coefficient (Wildman–Crippen LogP) is 5.37. The average Bonchev–Trinajstić information content (AvgIpc) is 3.40. The summed E-state index contributed by atoms with van der Waals surface area (Å²) >= 11 is 5.57. The van der Waals surface area contributed by atoms with Crippen LogP contribution in [0.4, 0.5) is 0 Å². The van der Waals surface area contributed by atoms with E-state index in [2.05, 4.69) is 65.9 Å². The minimum absolute atomic E-state index is 0.279. The van der Waals surface area contributed by atoms with E-state index < -0.39 is 0 Å². The number of carbonyl (C=O) groups excluding carboxylic acids is 1. The molecule has 0 unspecified atom stereocenters. The maximum atomic E-state index is 11.2. The molecule has 164 valence electrons. The second-order valence-corrected chi connectivity index (χ2v) is 9.13. The van der Waals surface area contributed by atoms with E-state index in [1.54, 1.807) is 0 Å². The Bertz CT molecular complexity index is 1320. The summed E-state index contributed by atoms with van der Waals surface area (Å²) in [4.78, 5) is 18.0. The first-order valence-electron chi connectivity index (χ1n) is 10.9. The van der Waals surface area contributed by atoms with Crippen LogP contribution in [0, 0.1) is 6.92 Å². The first-order valence-corrected chi connectivity index (χ1v) is 11.3. The van der Waals surface area contributed by atoms with Crippen LogP contribution in [0.25, 0.3) is 33.7 Å². The second-order valence-electron chi connectivity index (χ2n) is 8.71. The molecule has 7 heteroatoms. The van der Waals surface area contributed by atoms with Gasteiger partial charge in [-0.25, -0.2) is 0 Å². The zero-order valence-corrected chi connectivity index (χ0v) is 19.2. The van der Waals surface area contributed by atoms with Gasteiger partial charge in [0.1, 0.15) is 0 Å². The Kier molecular flexibility index (Phi) is 5.35. The summed E-state index contributed by atoms with van der Waals surface area (Å²) in [5.41, 5.74) is 6.76. The maximum Gasteiger partial charge on any atom is 0.258 e. The van der Waals surface area contributed by atoms with Crippen molar-refractivity contribution in [3.8, 4) is 22.8 Å². The van der Waals surface area contributed by atoms with Gasteiger partial charge >= 0.3 is 0 Å². The van der Waals surface area contributed by atoms with Gasteiger partial charge in [-0.15, -0.1) is 0 Å². The molecule has 32 heavy (non-hydrogen) atoms. The van der Waals surface area contributed by atoms with Gasteiger partial charge in [0.05, 0.1) is 6.54 Å². The number of hydrogen-bond acceptors (Lipinski definition) is 5. The number of hydrogen-bond donors (Lipinski definition) is 0. The molecule has 0 radical (unpaired) electrons. The Labute approximate surface area is 191 Å². The molecule has 2 aromatic heterocycles. The molecule has 6 nitrogen and oxygen atoms in total. The monoisotopic (exact) mass is 448 g/mol. The molecule has 0 saturated heterocycles. The molecule has 1 aliphatic rings. The molecule has 0 atom stereocenters. The van der Waals surface area contributed by atoms with Crippen molar-refractivity contribution >= 4 is 27.7 Å². The van der Waals surface area contributed by atoms with Gasteiger partial charge in [0, 0.05) is 47.4 Å². The third kappa shape index (κ3) is 3.74. The highest BCUT2D eigenvalue weighted by Crippen LogP contribution is 2.32. The van der Waals surface area contributed by atoms with E-state index in [-0.39, 0.29) is 11.8 Å². The number of benzene rings is 2. The molecule has 0 fully saturated rings. The van der Waals surface area contributed by atoms with E-state index in [0.717, 1.165) is 41.6 Å². The number of fused-ring (bicyclic) bond motifs is 2. The maximum absolute atomic E-state index is 11.2. The van der Waals surface area contributed by atoms with Crippen molar-refractivity contribution < 1.29 is 9.32 Å². The Morgan fingerprint density at radius 2 is 2.06 bits per heavy atom. The molecule has 0 spiro atoms. The van der Waals surface area contributed by atoms with Crippen LogP contribution < -0.4 is 0 Å². The summed E-state index contributed by atoms with van der Waals surface area (Å²) in [6.07, 6.45) is 2.98. The highest BCUT2D eigenvalue weighted by atomic mass is 35.5. The molecule has 0 saturated carbocycles. The minimum atomic E-state index is -0.319. The third-order valence-corrected chi connectivity index (χ3v) is 6.43. The first-order chi connectivity index (χ1) is 15.4. The van der Waals surface area contributed by atoms with Gasteiger partial charge in [0.2, 0.25) is 11.1 Å². The molecule has 0 amide bonds. The normalized spacial score (nSPS) is 14.3. The Hall–Kier alpha value is -2.96. The standard InChI is InChI=1S/C25H25ClN4O2/c1-15(2)30-11-8-17-12-18(5-7-22(17)30)25-27-24(28-32-25)21-6-4-19-13-29(14-23(26)31)10-9-20(19)16(21)3/h4-8,11-12,15H,9-10,13-14H2,1-3H3.